The van der Waals surface area contributed by atoms with Crippen molar-refractivity contribution in [1.82, 2.24) is 5.32 Å². The number of carbonyl (C=O) groups is 1. The first-order chi connectivity index (χ1) is 22.0. The van der Waals surface area contributed by atoms with Crippen LogP contribution in [0.5, 0.6) is 0 Å². The van der Waals surface area contributed by atoms with Crippen molar-refractivity contribution in [3.8, 4) is 0 Å². The second-order valence-electron chi connectivity index (χ2n) is 14.3. The van der Waals surface area contributed by atoms with Gasteiger partial charge in [0.05, 0.1) is 39.9 Å². The number of aliphatic hydroxyl groups is 1. The molecule has 0 saturated carbocycles. The summed E-state index contributed by atoms with van der Waals surface area (Å²) in [5, 5.41) is 13.6. The third-order valence-corrected chi connectivity index (χ3v) is 9.46. The molecule has 0 aromatic heterocycles. The van der Waals surface area contributed by atoms with E-state index in [0.29, 0.717) is 17.4 Å². The number of phosphoric acid groups is 1. The fourth-order valence-corrected chi connectivity index (χ4v) is 6.11. The van der Waals surface area contributed by atoms with Gasteiger partial charge in [-0.3, -0.25) is 9.36 Å². The molecule has 1 amide bonds. The maximum Gasteiger partial charge on any atom is 0.268 e. The van der Waals surface area contributed by atoms with Crippen LogP contribution in [0.1, 0.15) is 168 Å². The van der Waals surface area contributed by atoms with E-state index in [4.69, 9.17) is 9.05 Å². The third-order valence-electron chi connectivity index (χ3n) is 8.50. The number of aliphatic hydroxyl groups excluding tert-OH is 1. The summed E-state index contributed by atoms with van der Waals surface area (Å²) >= 11 is 0. The minimum Gasteiger partial charge on any atom is -0.756 e. The highest BCUT2D eigenvalue weighted by Gasteiger charge is 2.23. The minimum atomic E-state index is -4.57. The van der Waals surface area contributed by atoms with Crippen LogP contribution in [0.2, 0.25) is 0 Å². The smallest absolute Gasteiger partial charge is 0.268 e. The number of quaternary nitrogens is 1. The molecule has 0 aliphatic carbocycles. The van der Waals surface area contributed by atoms with Crippen molar-refractivity contribution in [3.05, 3.63) is 12.2 Å². The van der Waals surface area contributed by atoms with Gasteiger partial charge in [-0.25, -0.2) is 0 Å². The van der Waals surface area contributed by atoms with E-state index in [9.17, 15) is 19.4 Å². The van der Waals surface area contributed by atoms with Crippen molar-refractivity contribution in [1.29, 1.82) is 0 Å². The predicted octanol–water partition coefficient (Wildman–Crippen LogP) is 9.00. The summed E-state index contributed by atoms with van der Waals surface area (Å²) < 4.78 is 23.0. The van der Waals surface area contributed by atoms with Crippen LogP contribution in [-0.2, 0) is 18.4 Å². The normalized spacial score (nSPS) is 14.8. The lowest BCUT2D eigenvalue weighted by atomic mass is 10.0. The van der Waals surface area contributed by atoms with E-state index in [1.165, 1.54) is 109 Å². The lowest BCUT2D eigenvalue weighted by Crippen LogP contribution is -2.45. The summed E-state index contributed by atoms with van der Waals surface area (Å²) in [6.45, 7) is 4.60. The Morgan fingerprint density at radius 1 is 0.739 bits per heavy atom. The molecule has 0 rings (SSSR count). The van der Waals surface area contributed by atoms with Crippen LogP contribution in [0.25, 0.3) is 0 Å². The van der Waals surface area contributed by atoms with E-state index in [1.54, 1.807) is 6.08 Å². The zero-order valence-corrected chi connectivity index (χ0v) is 31.7. The van der Waals surface area contributed by atoms with E-state index >= 15 is 0 Å². The number of hydrogen-bond acceptors (Lipinski definition) is 6. The van der Waals surface area contributed by atoms with E-state index in [1.807, 2.05) is 27.2 Å². The summed E-state index contributed by atoms with van der Waals surface area (Å²) in [4.78, 5) is 25.1. The van der Waals surface area contributed by atoms with Crippen LogP contribution < -0.4 is 10.2 Å². The quantitative estimate of drug-likeness (QED) is 0.0305. The zero-order valence-electron chi connectivity index (χ0n) is 30.8. The molecule has 3 atom stereocenters. The van der Waals surface area contributed by atoms with Gasteiger partial charge in [0.1, 0.15) is 13.2 Å². The average Bonchev–Trinajstić information content (AvgIpc) is 2.99. The van der Waals surface area contributed by atoms with Crippen LogP contribution in [0, 0.1) is 0 Å². The largest absolute Gasteiger partial charge is 0.756 e. The number of hydrogen-bond donors (Lipinski definition) is 2. The number of carbonyl (C=O) groups excluding carboxylic acids is 1. The second kappa shape index (κ2) is 30.3. The number of allylic oxidation sites excluding steroid dienone is 1. The molecule has 0 aliphatic rings. The molecule has 0 heterocycles. The standard InChI is InChI=1S/C37H75N2O6P/c1-6-8-10-12-14-16-17-18-19-20-21-23-25-27-29-31-37(41)38-35(34-45-46(42,43)44-33-32-39(3,4)5)36(40)30-28-26-24-22-15-13-11-9-7-2/h28,30,35-36,40H,6-27,29,31-34H2,1-5H3,(H-,38,41,42,43)/b30-28+. The number of likely N-dealkylation sites (N-methyl/N-ethyl adjacent to an activating group) is 1. The molecular formula is C37H75N2O6P. The summed E-state index contributed by atoms with van der Waals surface area (Å²) in [5.41, 5.74) is 0. The summed E-state index contributed by atoms with van der Waals surface area (Å²) in [7, 11) is 1.26. The predicted molar refractivity (Wildman–Crippen MR) is 192 cm³/mol. The number of unbranched alkanes of at least 4 members (excludes halogenated alkanes) is 21. The second-order valence-corrected chi connectivity index (χ2v) is 15.7. The van der Waals surface area contributed by atoms with Crippen molar-refractivity contribution in [2.75, 3.05) is 40.9 Å². The first-order valence-electron chi connectivity index (χ1n) is 19.1. The number of rotatable bonds is 34. The van der Waals surface area contributed by atoms with Crippen molar-refractivity contribution >= 4 is 13.7 Å². The van der Waals surface area contributed by atoms with Crippen LogP contribution in [-0.4, -0.2) is 68.5 Å². The molecule has 0 aromatic carbocycles. The van der Waals surface area contributed by atoms with E-state index in [-0.39, 0.29) is 19.1 Å². The Kier molecular flexibility index (Phi) is 29.8. The molecule has 0 spiro atoms. The van der Waals surface area contributed by atoms with Crippen LogP contribution in [0.3, 0.4) is 0 Å². The van der Waals surface area contributed by atoms with Crippen LogP contribution in [0.4, 0.5) is 0 Å². The van der Waals surface area contributed by atoms with Gasteiger partial charge < -0.3 is 28.8 Å². The Morgan fingerprint density at radius 3 is 1.63 bits per heavy atom. The van der Waals surface area contributed by atoms with Gasteiger partial charge in [-0.2, -0.15) is 0 Å². The SMILES string of the molecule is CCCCCCCCC/C=C/C(O)C(COP(=O)([O-])OCC[N+](C)(C)C)NC(=O)CCCCCCCCCCCCCCCCC. The molecule has 0 aliphatic heterocycles. The Hall–Kier alpha value is -0.760. The number of nitrogens with zero attached hydrogens (tertiary/aromatic N) is 1. The van der Waals surface area contributed by atoms with E-state index in [0.717, 1.165) is 38.5 Å². The van der Waals surface area contributed by atoms with Crippen molar-refractivity contribution in [2.24, 2.45) is 0 Å². The third kappa shape index (κ3) is 31.8. The van der Waals surface area contributed by atoms with Crippen molar-refractivity contribution < 1.29 is 32.9 Å². The van der Waals surface area contributed by atoms with Crippen molar-refractivity contribution in [3.63, 3.8) is 0 Å². The van der Waals surface area contributed by atoms with Gasteiger partial charge in [0.2, 0.25) is 5.91 Å². The van der Waals surface area contributed by atoms with Crippen LogP contribution >= 0.6 is 7.82 Å². The molecule has 0 fully saturated rings. The summed E-state index contributed by atoms with van der Waals surface area (Å²) in [6.07, 6.45) is 31.1. The highest BCUT2D eigenvalue weighted by atomic mass is 31.2. The van der Waals surface area contributed by atoms with Gasteiger partial charge >= 0.3 is 0 Å². The minimum absolute atomic E-state index is 0.00139. The van der Waals surface area contributed by atoms with E-state index < -0.39 is 20.0 Å². The lowest BCUT2D eigenvalue weighted by Gasteiger charge is -2.29. The maximum absolute atomic E-state index is 12.7. The first kappa shape index (κ1) is 45.2. The Morgan fingerprint density at radius 2 is 1.17 bits per heavy atom. The zero-order chi connectivity index (χ0) is 34.4. The van der Waals surface area contributed by atoms with E-state index in [2.05, 4.69) is 19.2 Å². The maximum atomic E-state index is 12.7. The molecule has 46 heavy (non-hydrogen) atoms. The fourth-order valence-electron chi connectivity index (χ4n) is 5.39. The molecule has 0 radical (unpaired) electrons. The topological polar surface area (TPSA) is 108 Å². The molecule has 9 heteroatoms. The van der Waals surface area contributed by atoms with Gasteiger partial charge in [-0.15, -0.1) is 0 Å². The van der Waals surface area contributed by atoms with Gasteiger partial charge in [0.25, 0.3) is 7.82 Å². The van der Waals surface area contributed by atoms with Crippen molar-refractivity contribution in [2.45, 2.75) is 180 Å². The number of phosphoric ester groups is 1. The molecule has 0 aromatic rings. The molecule has 274 valence electrons. The highest BCUT2D eigenvalue weighted by Crippen LogP contribution is 2.38. The summed E-state index contributed by atoms with van der Waals surface area (Å²) in [6, 6.07) is -0.876. The van der Waals surface area contributed by atoms with Gasteiger partial charge in [0.15, 0.2) is 0 Å². The fraction of sp³-hybridized carbons (Fsp3) is 0.919. The highest BCUT2D eigenvalue weighted by molar-refractivity contribution is 7.45. The molecular weight excluding hydrogens is 599 g/mol. The Bertz CT molecular complexity index is 773. The number of nitrogens with one attached hydrogen (secondary N) is 1. The van der Waals surface area contributed by atoms with Gasteiger partial charge in [0, 0.05) is 6.42 Å². The first-order valence-corrected chi connectivity index (χ1v) is 20.5. The Labute approximate surface area is 284 Å². The molecule has 0 bridgehead atoms. The molecule has 2 N–H and O–H groups in total. The van der Waals surface area contributed by atoms with Crippen LogP contribution in [0.15, 0.2) is 12.2 Å². The molecule has 0 saturated heterocycles. The summed E-state index contributed by atoms with van der Waals surface area (Å²) in [5.74, 6) is -0.200. The van der Waals surface area contributed by atoms with Gasteiger partial charge in [-0.05, 0) is 19.3 Å². The lowest BCUT2D eigenvalue weighted by molar-refractivity contribution is -0.870. The Balaban J connectivity index is 4.44. The van der Waals surface area contributed by atoms with Gasteiger partial charge in [-0.1, -0.05) is 154 Å². The molecule has 3 unspecified atom stereocenters. The average molecular weight is 675 g/mol. The number of amides is 1. The monoisotopic (exact) mass is 675 g/mol. The molecule has 8 nitrogen and oxygen atoms in total.